The summed E-state index contributed by atoms with van der Waals surface area (Å²) in [5.41, 5.74) is 12.5. The van der Waals surface area contributed by atoms with Crippen molar-refractivity contribution in [3.63, 3.8) is 0 Å². The molecule has 0 bridgehead atoms. The van der Waals surface area contributed by atoms with E-state index in [0.717, 1.165) is 79.6 Å². The third-order valence-corrected chi connectivity index (χ3v) is 15.7. The molecule has 0 saturated heterocycles. The number of aliphatic hydroxyl groups is 2. The fourth-order valence-corrected chi connectivity index (χ4v) is 10.8. The molecule has 0 radical (unpaired) electrons. The summed E-state index contributed by atoms with van der Waals surface area (Å²) in [5.74, 6) is -0.138. The standard InChI is InChI=1S/2C19H22ClFO.2C19H23FO/c2*1-19(2,3)18(22-4)16-11-13(12-20)9-10-14(16)15-7-5-6-8-17(15)21;2*1-5-13-10-11-14(15-8-6-7-9-17(15)20)16(12-13)18(21)19(2,3)4/h2*5-11,18H,12H2,1-4H3;2*6-12,18,21H,5H2,1-4H3/t4*18-/m1010/s1. The third kappa shape index (κ3) is 18.5. The molecule has 0 aromatic heterocycles. The van der Waals surface area contributed by atoms with Gasteiger partial charge in [-0.15, -0.1) is 23.2 Å². The second-order valence-electron chi connectivity index (χ2n) is 26.1. The predicted molar refractivity (Wildman–Crippen MR) is 352 cm³/mol. The van der Waals surface area contributed by atoms with Gasteiger partial charge in [0, 0.05) is 48.2 Å². The molecular formula is C76H90Cl2F4O4. The largest absolute Gasteiger partial charge is 0.388 e. The quantitative estimate of drug-likeness (QED) is 0.0841. The molecule has 0 unspecified atom stereocenters. The van der Waals surface area contributed by atoms with Crippen molar-refractivity contribution in [2.75, 3.05) is 14.2 Å². The number of benzene rings is 8. The minimum absolute atomic E-state index is 0.111. The van der Waals surface area contributed by atoms with Crippen LogP contribution in [0.25, 0.3) is 44.5 Å². The molecule has 2 N–H and O–H groups in total. The molecule has 0 aliphatic rings. The molecule has 8 rings (SSSR count). The van der Waals surface area contributed by atoms with Gasteiger partial charge in [0.15, 0.2) is 0 Å². The van der Waals surface area contributed by atoms with Gasteiger partial charge in [0.25, 0.3) is 0 Å². The van der Waals surface area contributed by atoms with Crippen LogP contribution in [0.5, 0.6) is 0 Å². The van der Waals surface area contributed by atoms with Crippen molar-refractivity contribution in [3.05, 3.63) is 238 Å². The topological polar surface area (TPSA) is 58.9 Å². The Hall–Kier alpha value is -6.10. The first-order chi connectivity index (χ1) is 40.4. The Kier molecular flexibility index (Phi) is 25.6. The van der Waals surface area contributed by atoms with Crippen molar-refractivity contribution in [1.29, 1.82) is 0 Å². The second kappa shape index (κ2) is 31.2. The molecule has 460 valence electrons. The van der Waals surface area contributed by atoms with E-state index < -0.39 is 12.2 Å². The summed E-state index contributed by atoms with van der Waals surface area (Å²) in [7, 11) is 3.38. The summed E-state index contributed by atoms with van der Waals surface area (Å²) in [6.07, 6.45) is 0.204. The van der Waals surface area contributed by atoms with E-state index in [1.54, 1.807) is 62.8 Å². The lowest BCUT2D eigenvalue weighted by Crippen LogP contribution is -2.21. The van der Waals surface area contributed by atoms with Gasteiger partial charge in [-0.25, -0.2) is 17.6 Å². The highest BCUT2D eigenvalue weighted by atomic mass is 35.5. The maximum Gasteiger partial charge on any atom is 0.131 e. The summed E-state index contributed by atoms with van der Waals surface area (Å²) >= 11 is 12.0. The van der Waals surface area contributed by atoms with Crippen LogP contribution in [-0.2, 0) is 34.1 Å². The lowest BCUT2D eigenvalue weighted by atomic mass is 9.81. The fraction of sp³-hybridized carbons (Fsp3) is 0.368. The second-order valence-corrected chi connectivity index (χ2v) is 26.6. The molecule has 10 heteroatoms. The molecule has 4 atom stereocenters. The predicted octanol–water partition coefficient (Wildman–Crippen LogP) is 22.2. The normalized spacial score (nSPS) is 13.2. The molecule has 0 aliphatic carbocycles. The molecule has 86 heavy (non-hydrogen) atoms. The van der Waals surface area contributed by atoms with Gasteiger partial charge >= 0.3 is 0 Å². The van der Waals surface area contributed by atoms with Gasteiger partial charge in [0.2, 0.25) is 0 Å². The summed E-state index contributed by atoms with van der Waals surface area (Å²) < 4.78 is 68.2. The highest BCUT2D eigenvalue weighted by molar-refractivity contribution is 6.17. The van der Waals surface area contributed by atoms with Gasteiger partial charge in [-0.05, 0) is 126 Å². The number of alkyl halides is 2. The van der Waals surface area contributed by atoms with Crippen LogP contribution in [-0.4, -0.2) is 24.4 Å². The summed E-state index contributed by atoms with van der Waals surface area (Å²) in [5, 5.41) is 21.4. The van der Waals surface area contributed by atoms with Crippen molar-refractivity contribution in [1.82, 2.24) is 0 Å². The first-order valence-corrected chi connectivity index (χ1v) is 30.6. The molecule has 0 aliphatic heterocycles. The van der Waals surface area contributed by atoms with E-state index in [2.05, 4.69) is 55.4 Å². The Labute approximate surface area is 521 Å². The number of aryl methyl sites for hydroxylation is 2. The maximum atomic E-state index is 14.2. The highest BCUT2D eigenvalue weighted by Crippen LogP contribution is 2.45. The van der Waals surface area contributed by atoms with Crippen LogP contribution in [0.1, 0.15) is 166 Å². The van der Waals surface area contributed by atoms with Crippen LogP contribution in [0.15, 0.2) is 170 Å². The number of hydrogen-bond acceptors (Lipinski definition) is 4. The van der Waals surface area contributed by atoms with Crippen molar-refractivity contribution < 1.29 is 37.2 Å². The van der Waals surface area contributed by atoms with Crippen LogP contribution in [0.4, 0.5) is 17.6 Å². The van der Waals surface area contributed by atoms with E-state index in [1.165, 1.54) is 24.3 Å². The number of hydrogen-bond donors (Lipinski definition) is 2. The fourth-order valence-electron chi connectivity index (χ4n) is 10.5. The molecule has 8 aromatic carbocycles. The number of rotatable bonds is 14. The number of aliphatic hydroxyl groups excluding tert-OH is 2. The molecule has 8 aromatic rings. The van der Waals surface area contributed by atoms with E-state index in [0.29, 0.717) is 34.0 Å². The Balaban J connectivity index is 0.000000209. The maximum absolute atomic E-state index is 14.2. The van der Waals surface area contributed by atoms with E-state index in [4.69, 9.17) is 32.7 Å². The summed E-state index contributed by atoms with van der Waals surface area (Å²) in [4.78, 5) is 0. The van der Waals surface area contributed by atoms with Crippen LogP contribution in [0.3, 0.4) is 0 Å². The lowest BCUT2D eigenvalue weighted by molar-refractivity contribution is 0.0155. The molecule has 0 fully saturated rings. The third-order valence-electron chi connectivity index (χ3n) is 15.1. The van der Waals surface area contributed by atoms with Gasteiger partial charge in [0.1, 0.15) is 23.3 Å². The molecule has 0 amide bonds. The first-order valence-electron chi connectivity index (χ1n) is 29.5. The molecule has 0 heterocycles. The van der Waals surface area contributed by atoms with Crippen LogP contribution >= 0.6 is 23.2 Å². The zero-order valence-corrected chi connectivity index (χ0v) is 54.8. The van der Waals surface area contributed by atoms with Crippen LogP contribution in [0.2, 0.25) is 0 Å². The van der Waals surface area contributed by atoms with E-state index >= 15 is 0 Å². The highest BCUT2D eigenvalue weighted by Gasteiger charge is 2.32. The first kappa shape index (κ1) is 70.7. The molecule has 0 spiro atoms. The Morgan fingerprint density at radius 2 is 0.570 bits per heavy atom. The van der Waals surface area contributed by atoms with Crippen LogP contribution < -0.4 is 0 Å². The molecular weight excluding hydrogens is 1120 g/mol. The van der Waals surface area contributed by atoms with Crippen molar-refractivity contribution in [3.8, 4) is 44.5 Å². The van der Waals surface area contributed by atoms with Gasteiger partial charge in [-0.3, -0.25) is 0 Å². The lowest BCUT2D eigenvalue weighted by Gasteiger charge is -2.31. The van der Waals surface area contributed by atoms with Gasteiger partial charge in [0.05, 0.1) is 24.4 Å². The van der Waals surface area contributed by atoms with Gasteiger partial charge < -0.3 is 19.7 Å². The van der Waals surface area contributed by atoms with Crippen LogP contribution in [0, 0.1) is 44.9 Å². The van der Waals surface area contributed by atoms with E-state index in [1.807, 2.05) is 139 Å². The number of methoxy groups -OCH3 is 2. The zero-order chi connectivity index (χ0) is 63.9. The minimum atomic E-state index is -0.640. The number of ether oxygens (including phenoxy) is 2. The SMILES string of the molecule is CCc1ccc(-c2ccccc2F)c([C@@H](O)C(C)(C)C)c1.CCc1ccc(-c2ccccc2F)c([C@H](O)C(C)(C)C)c1.CO[C@@H](c1cc(CCl)ccc1-c1ccccc1F)C(C)(C)C.CO[C@H](c1cc(CCl)ccc1-c1ccccc1F)C(C)(C)C. The summed E-state index contributed by atoms with van der Waals surface area (Å²) in [6.45, 7) is 28.7. The average molecular weight is 1210 g/mol. The zero-order valence-electron chi connectivity index (χ0n) is 53.3. The monoisotopic (exact) mass is 1210 g/mol. The van der Waals surface area contributed by atoms with Crippen molar-refractivity contribution in [2.24, 2.45) is 21.7 Å². The Morgan fingerprint density at radius 1 is 0.337 bits per heavy atom. The Bertz CT molecular complexity index is 3230. The smallest absolute Gasteiger partial charge is 0.131 e. The van der Waals surface area contributed by atoms with E-state index in [9.17, 15) is 27.8 Å². The molecule has 4 nitrogen and oxygen atoms in total. The summed E-state index contributed by atoms with van der Waals surface area (Å²) in [6, 6.07) is 50.7. The van der Waals surface area contributed by atoms with E-state index in [-0.39, 0.29) is 57.1 Å². The minimum Gasteiger partial charge on any atom is -0.388 e. The van der Waals surface area contributed by atoms with Crippen molar-refractivity contribution in [2.45, 2.75) is 146 Å². The Morgan fingerprint density at radius 3 is 0.779 bits per heavy atom. The average Bonchev–Trinajstić information content (AvgIpc) is 3.47. The van der Waals surface area contributed by atoms with Gasteiger partial charge in [-0.2, -0.15) is 0 Å². The van der Waals surface area contributed by atoms with Gasteiger partial charge in [-0.1, -0.05) is 243 Å². The number of halogens is 6. The molecule has 0 saturated carbocycles. The van der Waals surface area contributed by atoms with Crippen molar-refractivity contribution >= 4 is 23.2 Å².